The molecule has 0 fully saturated rings. The molecule has 0 bridgehead atoms. The molecule has 124 valence electrons. The molecule has 2 aromatic rings. The average Bonchev–Trinajstić information content (AvgIpc) is 2.90. The molecule has 1 aromatic heterocycles. The number of amides is 1. The van der Waals surface area contributed by atoms with Gasteiger partial charge in [-0.2, -0.15) is 17.9 Å². The van der Waals surface area contributed by atoms with Crippen molar-refractivity contribution in [1.29, 1.82) is 0 Å². The average molecular weight is 345 g/mol. The van der Waals surface area contributed by atoms with Crippen LogP contribution >= 0.6 is 11.8 Å². The summed E-state index contributed by atoms with van der Waals surface area (Å²) in [7, 11) is 0. The Morgan fingerprint density at radius 3 is 2.57 bits per heavy atom. The van der Waals surface area contributed by atoms with Gasteiger partial charge in [-0.05, 0) is 35.4 Å². The van der Waals surface area contributed by atoms with Crippen LogP contribution in [0.15, 0.2) is 23.4 Å². The number of nitrogens with one attached hydrogen (secondary N) is 1. The normalized spacial score (nSPS) is 11.5. The summed E-state index contributed by atoms with van der Waals surface area (Å²) in [6, 6.07) is 5.69. The molecular weight excluding hydrogens is 331 g/mol. The fraction of sp³-hybridized carbons (Fsp3) is 0.385. The summed E-state index contributed by atoms with van der Waals surface area (Å²) < 4.78 is 37.6. The van der Waals surface area contributed by atoms with E-state index in [9.17, 15) is 18.0 Å². The number of benzene rings is 1. The Morgan fingerprint density at radius 2 is 1.96 bits per heavy atom. The van der Waals surface area contributed by atoms with Gasteiger partial charge in [0.1, 0.15) is 6.54 Å². The summed E-state index contributed by atoms with van der Waals surface area (Å²) in [5.41, 5.74) is 2.68. The molecule has 0 aliphatic heterocycles. The first-order chi connectivity index (χ1) is 10.8. The summed E-state index contributed by atoms with van der Waals surface area (Å²) in [4.78, 5) is 11.5. The van der Waals surface area contributed by atoms with E-state index in [1.165, 1.54) is 4.68 Å². The van der Waals surface area contributed by atoms with Crippen LogP contribution in [0.3, 0.4) is 0 Å². The minimum Gasteiger partial charge on any atom is -0.346 e. The largest absolute Gasteiger partial charge is 0.405 e. The van der Waals surface area contributed by atoms with Crippen molar-refractivity contribution in [2.45, 2.75) is 25.2 Å². The lowest BCUT2D eigenvalue weighted by molar-refractivity contribution is -0.136. The molecule has 0 unspecified atom stereocenters. The van der Waals surface area contributed by atoms with Gasteiger partial charge < -0.3 is 5.32 Å². The van der Waals surface area contributed by atoms with Gasteiger partial charge in [-0.1, -0.05) is 30.0 Å². The molecule has 1 aromatic carbocycles. The van der Waals surface area contributed by atoms with Crippen LogP contribution in [0, 0.1) is 13.8 Å². The number of hydrogen-bond donors (Lipinski definition) is 1. The van der Waals surface area contributed by atoms with Crippen LogP contribution in [0.25, 0.3) is 5.69 Å². The molecule has 23 heavy (non-hydrogen) atoms. The standard InChI is InChI=1S/C13H14F3N5OS/c1-8-4-3-5-9(2)11(8)21-12(18-19-20-21)23-6-10(22)17-7-13(14,15)16/h3-5H,6-7H2,1-2H3,(H,17,22). The lowest BCUT2D eigenvalue weighted by Crippen LogP contribution is -2.34. The Labute approximate surface area is 134 Å². The van der Waals surface area contributed by atoms with E-state index in [1.807, 2.05) is 32.0 Å². The maximum Gasteiger partial charge on any atom is 0.405 e. The molecule has 6 nitrogen and oxygen atoms in total. The van der Waals surface area contributed by atoms with Crippen molar-refractivity contribution in [3.63, 3.8) is 0 Å². The number of carbonyl (C=O) groups is 1. The molecule has 0 saturated heterocycles. The van der Waals surface area contributed by atoms with E-state index in [2.05, 4.69) is 15.5 Å². The van der Waals surface area contributed by atoms with Crippen LogP contribution in [0.5, 0.6) is 0 Å². The molecule has 0 aliphatic rings. The van der Waals surface area contributed by atoms with Crippen molar-refractivity contribution < 1.29 is 18.0 Å². The fourth-order valence-electron chi connectivity index (χ4n) is 1.93. The van der Waals surface area contributed by atoms with Crippen molar-refractivity contribution >= 4 is 17.7 Å². The quantitative estimate of drug-likeness (QED) is 0.840. The van der Waals surface area contributed by atoms with E-state index in [0.717, 1.165) is 28.6 Å². The summed E-state index contributed by atoms with van der Waals surface area (Å²) in [5.74, 6) is -0.940. The summed E-state index contributed by atoms with van der Waals surface area (Å²) in [6.07, 6.45) is -4.43. The summed E-state index contributed by atoms with van der Waals surface area (Å²) in [5, 5.41) is 13.4. The predicted octanol–water partition coefficient (Wildman–Crippen LogP) is 2.05. The third-order valence-electron chi connectivity index (χ3n) is 2.91. The first-order valence-corrected chi connectivity index (χ1v) is 7.57. The minimum atomic E-state index is -4.43. The zero-order valence-corrected chi connectivity index (χ0v) is 13.2. The zero-order valence-electron chi connectivity index (χ0n) is 12.4. The molecule has 1 N–H and O–H groups in total. The van der Waals surface area contributed by atoms with Crippen LogP contribution in [-0.2, 0) is 4.79 Å². The van der Waals surface area contributed by atoms with E-state index in [-0.39, 0.29) is 5.75 Å². The Morgan fingerprint density at radius 1 is 1.30 bits per heavy atom. The highest BCUT2D eigenvalue weighted by Gasteiger charge is 2.27. The predicted molar refractivity (Wildman–Crippen MR) is 78.4 cm³/mol. The smallest absolute Gasteiger partial charge is 0.346 e. The molecule has 0 atom stereocenters. The van der Waals surface area contributed by atoms with E-state index < -0.39 is 18.6 Å². The number of halogens is 3. The summed E-state index contributed by atoms with van der Waals surface area (Å²) >= 11 is 0.972. The number of tetrazole rings is 1. The Hall–Kier alpha value is -2.10. The molecular formula is C13H14F3N5OS. The van der Waals surface area contributed by atoms with Crippen LogP contribution in [0.2, 0.25) is 0 Å². The van der Waals surface area contributed by atoms with Gasteiger partial charge in [0.15, 0.2) is 0 Å². The molecule has 0 spiro atoms. The second kappa shape index (κ2) is 6.99. The highest BCUT2D eigenvalue weighted by atomic mass is 32.2. The van der Waals surface area contributed by atoms with Crippen LogP contribution in [0.1, 0.15) is 11.1 Å². The van der Waals surface area contributed by atoms with Gasteiger partial charge in [0.05, 0.1) is 11.4 Å². The van der Waals surface area contributed by atoms with Gasteiger partial charge in [0.2, 0.25) is 11.1 Å². The Balaban J connectivity index is 2.06. The summed E-state index contributed by atoms with van der Waals surface area (Å²) in [6.45, 7) is 2.44. The molecule has 0 radical (unpaired) electrons. The van der Waals surface area contributed by atoms with E-state index >= 15 is 0 Å². The van der Waals surface area contributed by atoms with Crippen molar-refractivity contribution in [1.82, 2.24) is 25.5 Å². The number of alkyl halides is 3. The van der Waals surface area contributed by atoms with Crippen LogP contribution in [0.4, 0.5) is 13.2 Å². The van der Waals surface area contributed by atoms with Gasteiger partial charge in [-0.25, -0.2) is 0 Å². The van der Waals surface area contributed by atoms with Gasteiger partial charge in [0.25, 0.3) is 0 Å². The van der Waals surface area contributed by atoms with Gasteiger partial charge in [-0.15, -0.1) is 5.10 Å². The molecule has 10 heteroatoms. The number of nitrogens with zero attached hydrogens (tertiary/aromatic N) is 4. The number of para-hydroxylation sites is 1. The SMILES string of the molecule is Cc1cccc(C)c1-n1nnnc1SCC(=O)NCC(F)(F)F. The maximum absolute atomic E-state index is 12.0. The molecule has 2 rings (SSSR count). The molecule has 0 aliphatic carbocycles. The number of rotatable bonds is 5. The van der Waals surface area contributed by atoms with Crippen LogP contribution < -0.4 is 5.32 Å². The molecule has 1 heterocycles. The lowest BCUT2D eigenvalue weighted by atomic mass is 10.1. The van der Waals surface area contributed by atoms with Crippen molar-refractivity contribution in [2.75, 3.05) is 12.3 Å². The number of carbonyl (C=O) groups excluding carboxylic acids is 1. The topological polar surface area (TPSA) is 72.7 Å². The first kappa shape index (κ1) is 17.3. The van der Waals surface area contributed by atoms with Crippen molar-refractivity contribution in [2.24, 2.45) is 0 Å². The number of aryl methyl sites for hydroxylation is 2. The number of aromatic nitrogens is 4. The van der Waals surface area contributed by atoms with E-state index in [1.54, 1.807) is 5.32 Å². The Bertz CT molecular complexity index is 681. The van der Waals surface area contributed by atoms with Crippen LogP contribution in [-0.4, -0.2) is 44.6 Å². The second-order valence-electron chi connectivity index (χ2n) is 4.79. The van der Waals surface area contributed by atoms with Gasteiger partial charge in [-0.3, -0.25) is 4.79 Å². The minimum absolute atomic E-state index is 0.207. The van der Waals surface area contributed by atoms with Gasteiger partial charge >= 0.3 is 6.18 Å². The first-order valence-electron chi connectivity index (χ1n) is 6.59. The number of thioether (sulfide) groups is 1. The van der Waals surface area contributed by atoms with Gasteiger partial charge in [0, 0.05) is 0 Å². The fourth-order valence-corrected chi connectivity index (χ4v) is 2.64. The lowest BCUT2D eigenvalue weighted by Gasteiger charge is -2.11. The zero-order chi connectivity index (χ0) is 17.0. The number of hydrogen-bond acceptors (Lipinski definition) is 5. The molecule has 0 saturated carbocycles. The van der Waals surface area contributed by atoms with E-state index in [4.69, 9.17) is 0 Å². The maximum atomic E-state index is 12.0. The third kappa shape index (κ3) is 4.68. The van der Waals surface area contributed by atoms with E-state index in [0.29, 0.717) is 5.16 Å². The van der Waals surface area contributed by atoms with Crippen molar-refractivity contribution in [3.05, 3.63) is 29.3 Å². The second-order valence-corrected chi connectivity index (χ2v) is 5.74. The highest BCUT2D eigenvalue weighted by Crippen LogP contribution is 2.23. The highest BCUT2D eigenvalue weighted by molar-refractivity contribution is 7.99. The monoisotopic (exact) mass is 345 g/mol. The van der Waals surface area contributed by atoms with Crippen molar-refractivity contribution in [3.8, 4) is 5.69 Å². The molecule has 1 amide bonds. The third-order valence-corrected chi connectivity index (χ3v) is 3.83. The Kier molecular flexibility index (Phi) is 5.24.